The molecule has 3 aromatic rings. The Morgan fingerprint density at radius 2 is 1.84 bits per heavy atom. The van der Waals surface area contributed by atoms with Crippen molar-refractivity contribution >= 4 is 23.4 Å². The lowest BCUT2D eigenvalue weighted by atomic mass is 9.98. The molecule has 3 nitrogen and oxygen atoms in total. The number of aromatic nitrogens is 2. The van der Waals surface area contributed by atoms with Gasteiger partial charge in [0.1, 0.15) is 5.82 Å². The zero-order chi connectivity index (χ0) is 17.8. The molecule has 25 heavy (non-hydrogen) atoms. The van der Waals surface area contributed by atoms with Crippen molar-refractivity contribution in [2.24, 2.45) is 0 Å². The molecule has 1 heterocycles. The average Bonchev–Trinajstić information content (AvgIpc) is 3.04. The Bertz CT molecular complexity index is 840. The van der Waals surface area contributed by atoms with Crippen molar-refractivity contribution < 1.29 is 8.81 Å². The number of halogens is 2. The Hall–Kier alpha value is -1.85. The fourth-order valence-corrected chi connectivity index (χ4v) is 3.52. The van der Waals surface area contributed by atoms with Crippen molar-refractivity contribution in [3.05, 3.63) is 76.4 Å². The molecule has 0 aliphatic carbocycles. The van der Waals surface area contributed by atoms with Crippen LogP contribution in [0.1, 0.15) is 42.0 Å². The molecule has 2 atom stereocenters. The van der Waals surface area contributed by atoms with Gasteiger partial charge >= 0.3 is 0 Å². The molecular formula is C19H18ClFN2OS. The van der Waals surface area contributed by atoms with Crippen LogP contribution < -0.4 is 0 Å². The summed E-state index contributed by atoms with van der Waals surface area (Å²) in [6.45, 7) is 4.13. The van der Waals surface area contributed by atoms with Gasteiger partial charge < -0.3 is 4.42 Å². The standard InChI is InChI=1S/C19H18ClFN2OS/c1-12(14-6-4-3-5-7-14)10-18-22-23-19(24-18)25-13(2)15-8-9-17(21)16(20)11-15/h3-9,11-13H,10H2,1-2H3/t12-,13-/m1/s1. The van der Waals surface area contributed by atoms with E-state index in [1.807, 2.05) is 25.1 Å². The zero-order valence-corrected chi connectivity index (χ0v) is 15.5. The lowest BCUT2D eigenvalue weighted by Crippen LogP contribution is -1.98. The van der Waals surface area contributed by atoms with Crippen LogP contribution in [0, 0.1) is 5.82 Å². The van der Waals surface area contributed by atoms with Crippen molar-refractivity contribution in [1.82, 2.24) is 10.2 Å². The largest absolute Gasteiger partial charge is 0.416 e. The van der Waals surface area contributed by atoms with E-state index in [1.54, 1.807) is 12.1 Å². The molecule has 0 saturated heterocycles. The van der Waals surface area contributed by atoms with Gasteiger partial charge in [-0.1, -0.05) is 66.7 Å². The molecule has 0 saturated carbocycles. The van der Waals surface area contributed by atoms with E-state index >= 15 is 0 Å². The Balaban J connectivity index is 1.64. The molecule has 130 valence electrons. The third-order valence-electron chi connectivity index (χ3n) is 3.99. The van der Waals surface area contributed by atoms with E-state index in [0.717, 1.165) is 5.56 Å². The molecule has 6 heteroatoms. The highest BCUT2D eigenvalue weighted by molar-refractivity contribution is 7.99. The van der Waals surface area contributed by atoms with Gasteiger partial charge in [0.05, 0.1) is 5.02 Å². The maximum Gasteiger partial charge on any atom is 0.277 e. The monoisotopic (exact) mass is 376 g/mol. The second-order valence-electron chi connectivity index (χ2n) is 5.91. The minimum atomic E-state index is -0.419. The average molecular weight is 377 g/mol. The maximum atomic E-state index is 13.3. The fraction of sp³-hybridized carbons (Fsp3) is 0.263. The maximum absolute atomic E-state index is 13.3. The lowest BCUT2D eigenvalue weighted by molar-refractivity contribution is 0.404. The molecule has 0 amide bonds. The van der Waals surface area contributed by atoms with Crippen molar-refractivity contribution in [3.63, 3.8) is 0 Å². The Morgan fingerprint density at radius 3 is 2.56 bits per heavy atom. The van der Waals surface area contributed by atoms with E-state index < -0.39 is 5.82 Å². The first-order valence-corrected chi connectivity index (χ1v) is 9.27. The minimum Gasteiger partial charge on any atom is -0.416 e. The van der Waals surface area contributed by atoms with E-state index in [9.17, 15) is 4.39 Å². The van der Waals surface area contributed by atoms with E-state index in [4.69, 9.17) is 16.0 Å². The molecule has 2 aromatic carbocycles. The number of rotatable bonds is 6. The molecule has 0 fully saturated rings. The summed E-state index contributed by atoms with van der Waals surface area (Å²) in [5.41, 5.74) is 2.15. The van der Waals surface area contributed by atoms with Crippen LogP contribution in [-0.2, 0) is 6.42 Å². The summed E-state index contributed by atoms with van der Waals surface area (Å²) in [6, 6.07) is 15.0. The zero-order valence-electron chi connectivity index (χ0n) is 13.9. The second kappa shape index (κ2) is 8.02. The first kappa shape index (κ1) is 18.0. The fourth-order valence-electron chi connectivity index (χ4n) is 2.51. The van der Waals surface area contributed by atoms with Crippen LogP contribution in [0.5, 0.6) is 0 Å². The van der Waals surface area contributed by atoms with Crippen molar-refractivity contribution in [2.75, 3.05) is 0 Å². The highest BCUT2D eigenvalue weighted by atomic mass is 35.5. The Labute approximate surface area is 155 Å². The smallest absolute Gasteiger partial charge is 0.277 e. The van der Waals surface area contributed by atoms with E-state index in [1.165, 1.54) is 23.4 Å². The Kier molecular flexibility index (Phi) is 5.76. The summed E-state index contributed by atoms with van der Waals surface area (Å²) in [5.74, 6) is 0.494. The number of nitrogens with zero attached hydrogens (tertiary/aromatic N) is 2. The van der Waals surface area contributed by atoms with Gasteiger partial charge in [-0.25, -0.2) is 4.39 Å². The summed E-state index contributed by atoms with van der Waals surface area (Å²) < 4.78 is 19.0. The first-order valence-electron chi connectivity index (χ1n) is 8.02. The van der Waals surface area contributed by atoms with E-state index in [0.29, 0.717) is 23.5 Å². The van der Waals surface area contributed by atoms with Crippen molar-refractivity contribution in [3.8, 4) is 0 Å². The number of hydrogen-bond acceptors (Lipinski definition) is 4. The van der Waals surface area contributed by atoms with Gasteiger partial charge in [0.2, 0.25) is 5.89 Å². The summed E-state index contributed by atoms with van der Waals surface area (Å²) in [5, 5.41) is 8.89. The summed E-state index contributed by atoms with van der Waals surface area (Å²) in [7, 11) is 0. The first-order chi connectivity index (χ1) is 12.0. The molecular weight excluding hydrogens is 359 g/mol. The van der Waals surface area contributed by atoms with Gasteiger partial charge in [0.15, 0.2) is 0 Å². The summed E-state index contributed by atoms with van der Waals surface area (Å²) in [4.78, 5) is 0. The van der Waals surface area contributed by atoms with Gasteiger partial charge in [0, 0.05) is 11.7 Å². The molecule has 0 N–H and O–H groups in total. The molecule has 0 aliphatic rings. The van der Waals surface area contributed by atoms with Crippen LogP contribution >= 0.6 is 23.4 Å². The second-order valence-corrected chi connectivity index (χ2v) is 7.61. The molecule has 3 rings (SSSR count). The predicted octanol–water partition coefficient (Wildman–Crippen LogP) is 6.06. The van der Waals surface area contributed by atoms with E-state index in [-0.39, 0.29) is 10.3 Å². The topological polar surface area (TPSA) is 38.9 Å². The number of benzene rings is 2. The number of thioether (sulfide) groups is 1. The Morgan fingerprint density at radius 1 is 1.08 bits per heavy atom. The van der Waals surface area contributed by atoms with Crippen LogP contribution in [0.3, 0.4) is 0 Å². The van der Waals surface area contributed by atoms with Gasteiger partial charge in [-0.2, -0.15) is 0 Å². The normalized spacial score (nSPS) is 13.6. The predicted molar refractivity (Wildman–Crippen MR) is 98.5 cm³/mol. The van der Waals surface area contributed by atoms with Gasteiger partial charge in [-0.05, 0) is 36.1 Å². The van der Waals surface area contributed by atoms with Crippen LogP contribution in [0.25, 0.3) is 0 Å². The lowest BCUT2D eigenvalue weighted by Gasteiger charge is -2.10. The third kappa shape index (κ3) is 4.61. The SMILES string of the molecule is C[C@H](Cc1nnc(S[C@H](C)c2ccc(F)c(Cl)c2)o1)c1ccccc1. The highest BCUT2D eigenvalue weighted by Crippen LogP contribution is 2.35. The molecule has 0 spiro atoms. The van der Waals surface area contributed by atoms with Gasteiger partial charge in [0.25, 0.3) is 5.22 Å². The van der Waals surface area contributed by atoms with Crippen LogP contribution in [0.15, 0.2) is 58.2 Å². The van der Waals surface area contributed by atoms with E-state index in [2.05, 4.69) is 29.3 Å². The van der Waals surface area contributed by atoms with Crippen molar-refractivity contribution in [2.45, 2.75) is 36.7 Å². The quantitative estimate of drug-likeness (QED) is 0.490. The summed E-state index contributed by atoms with van der Waals surface area (Å²) in [6.07, 6.45) is 0.689. The molecule has 0 bridgehead atoms. The molecule has 0 radical (unpaired) electrons. The van der Waals surface area contributed by atoms with Gasteiger partial charge in [-0.3, -0.25) is 0 Å². The van der Waals surface area contributed by atoms with Crippen LogP contribution in [-0.4, -0.2) is 10.2 Å². The highest BCUT2D eigenvalue weighted by Gasteiger charge is 2.16. The van der Waals surface area contributed by atoms with Crippen molar-refractivity contribution in [1.29, 1.82) is 0 Å². The molecule has 1 aromatic heterocycles. The minimum absolute atomic E-state index is 0.0259. The molecule has 0 aliphatic heterocycles. The van der Waals surface area contributed by atoms with Crippen LogP contribution in [0.2, 0.25) is 5.02 Å². The van der Waals surface area contributed by atoms with Gasteiger partial charge in [-0.15, -0.1) is 10.2 Å². The van der Waals surface area contributed by atoms with Crippen LogP contribution in [0.4, 0.5) is 4.39 Å². The summed E-state index contributed by atoms with van der Waals surface area (Å²) >= 11 is 7.28. The molecule has 0 unspecified atom stereocenters. The number of hydrogen-bond donors (Lipinski definition) is 0. The third-order valence-corrected chi connectivity index (χ3v) is 5.27.